The van der Waals surface area contributed by atoms with Gasteiger partial charge in [0, 0.05) is 33.7 Å². The molecule has 1 fully saturated rings. The molecule has 1 aromatic heterocycles. The minimum Gasteiger partial charge on any atom is -0.508 e. The van der Waals surface area contributed by atoms with Crippen molar-refractivity contribution in [1.29, 1.82) is 0 Å². The third kappa shape index (κ3) is 5.64. The van der Waals surface area contributed by atoms with Crippen molar-refractivity contribution < 1.29 is 28.8 Å². The number of phenols is 1. The maximum absolute atomic E-state index is 13.5. The van der Waals surface area contributed by atoms with Crippen LogP contribution in [-0.4, -0.2) is 46.9 Å². The Bertz CT molecular complexity index is 1730. The summed E-state index contributed by atoms with van der Waals surface area (Å²) in [5.41, 5.74) is 4.71. The van der Waals surface area contributed by atoms with Crippen molar-refractivity contribution in [3.63, 3.8) is 0 Å². The van der Waals surface area contributed by atoms with Crippen molar-refractivity contribution in [2.75, 3.05) is 19.8 Å². The van der Waals surface area contributed by atoms with Crippen molar-refractivity contribution in [2.45, 2.75) is 24.9 Å². The van der Waals surface area contributed by atoms with Crippen LogP contribution in [0.2, 0.25) is 5.02 Å². The maximum Gasteiger partial charge on any atom is 0.416 e. The molecule has 218 valence electrons. The van der Waals surface area contributed by atoms with Crippen molar-refractivity contribution in [3.8, 4) is 17.2 Å². The Hall–Kier alpha value is -4.50. The lowest BCUT2D eigenvalue weighted by Crippen LogP contribution is -2.42. The number of aromatic nitrogens is 1. The Labute approximate surface area is 253 Å². The lowest BCUT2D eigenvalue weighted by Gasteiger charge is -2.35. The zero-order valence-electron chi connectivity index (χ0n) is 23.1. The molecular weight excluding hydrogens is 568 g/mol. The number of fused-ring (bicyclic) bond motifs is 3. The van der Waals surface area contributed by atoms with Gasteiger partial charge in [-0.25, -0.2) is 4.79 Å². The third-order valence-electron chi connectivity index (χ3n) is 7.80. The van der Waals surface area contributed by atoms with Gasteiger partial charge in [-0.2, -0.15) is 0 Å². The van der Waals surface area contributed by atoms with Crippen LogP contribution in [0.5, 0.6) is 17.2 Å². The summed E-state index contributed by atoms with van der Waals surface area (Å²) in [5, 5.41) is 11.7. The lowest BCUT2D eigenvalue weighted by atomic mass is 9.92. The van der Waals surface area contributed by atoms with Gasteiger partial charge in [-0.05, 0) is 72.1 Å². The molecule has 43 heavy (non-hydrogen) atoms. The van der Waals surface area contributed by atoms with Gasteiger partial charge in [0.05, 0.1) is 13.2 Å². The third-order valence-corrected chi connectivity index (χ3v) is 8.05. The summed E-state index contributed by atoms with van der Waals surface area (Å²) in [7, 11) is 0. The van der Waals surface area contributed by atoms with Crippen LogP contribution >= 0.6 is 11.6 Å². The number of benzene rings is 4. The highest BCUT2D eigenvalue weighted by Gasteiger charge is 2.36. The molecule has 2 aliphatic rings. The standard InChI is InChI=1S/C34H29ClN2O6/c35-23-8-13-26(14-9-23)43-34(39)37-17-16-28-29-18-24(38)10-15-30(29)36-31(28)32(37)21-6-11-25(12-7-21)42-27-19-40-33(41-20-27)22-4-2-1-3-5-22/h1-15,18,27,32-33,36,38H,16-17,19-20H2. The Morgan fingerprint density at radius 3 is 2.35 bits per heavy atom. The van der Waals surface area contributed by atoms with Gasteiger partial charge in [0.1, 0.15) is 29.4 Å². The molecule has 5 aromatic rings. The molecular formula is C34H29ClN2O6. The fourth-order valence-corrected chi connectivity index (χ4v) is 5.89. The first kappa shape index (κ1) is 27.3. The number of halogens is 1. The van der Waals surface area contributed by atoms with Gasteiger partial charge in [0.25, 0.3) is 0 Å². The van der Waals surface area contributed by atoms with Crippen molar-refractivity contribution in [1.82, 2.24) is 9.88 Å². The van der Waals surface area contributed by atoms with E-state index in [0.717, 1.165) is 33.3 Å². The van der Waals surface area contributed by atoms with Gasteiger partial charge >= 0.3 is 6.09 Å². The van der Waals surface area contributed by atoms with Crippen LogP contribution in [0.4, 0.5) is 4.79 Å². The van der Waals surface area contributed by atoms with E-state index in [0.29, 0.717) is 42.7 Å². The van der Waals surface area contributed by atoms with Gasteiger partial charge in [0.15, 0.2) is 6.29 Å². The Balaban J connectivity index is 1.13. The van der Waals surface area contributed by atoms with E-state index in [2.05, 4.69) is 4.98 Å². The molecule has 0 spiro atoms. The van der Waals surface area contributed by atoms with Gasteiger partial charge < -0.3 is 29.0 Å². The maximum atomic E-state index is 13.5. The zero-order valence-corrected chi connectivity index (χ0v) is 23.9. The van der Waals surface area contributed by atoms with E-state index >= 15 is 0 Å². The van der Waals surface area contributed by atoms with Crippen molar-refractivity contribution in [3.05, 3.63) is 124 Å². The summed E-state index contributed by atoms with van der Waals surface area (Å²) in [6.45, 7) is 1.24. The van der Waals surface area contributed by atoms with E-state index in [1.807, 2.05) is 60.7 Å². The summed E-state index contributed by atoms with van der Waals surface area (Å²) in [4.78, 5) is 18.8. The molecule has 1 unspecified atom stereocenters. The van der Waals surface area contributed by atoms with E-state index in [1.54, 1.807) is 41.3 Å². The molecule has 2 N–H and O–H groups in total. The molecule has 0 saturated carbocycles. The number of carbonyl (C=O) groups excluding carboxylic acids is 1. The number of nitrogens with zero attached hydrogens (tertiary/aromatic N) is 1. The predicted octanol–water partition coefficient (Wildman–Crippen LogP) is 7.17. The quantitative estimate of drug-likeness (QED) is 0.223. The molecule has 9 heteroatoms. The average Bonchev–Trinajstić information content (AvgIpc) is 3.41. The Morgan fingerprint density at radius 1 is 0.884 bits per heavy atom. The van der Waals surface area contributed by atoms with Gasteiger partial charge in [-0.1, -0.05) is 54.1 Å². The molecule has 0 aliphatic carbocycles. The first-order valence-corrected chi connectivity index (χ1v) is 14.5. The number of carbonyl (C=O) groups is 1. The molecule has 1 saturated heterocycles. The van der Waals surface area contributed by atoms with Crippen LogP contribution in [0.1, 0.15) is 34.7 Å². The van der Waals surface area contributed by atoms with Gasteiger partial charge in [-0.3, -0.25) is 4.90 Å². The topological polar surface area (TPSA) is 93.3 Å². The number of ether oxygens (including phenoxy) is 4. The van der Waals surface area contributed by atoms with Crippen LogP contribution in [0.3, 0.4) is 0 Å². The summed E-state index contributed by atoms with van der Waals surface area (Å²) >= 11 is 6.02. The van der Waals surface area contributed by atoms with Crippen molar-refractivity contribution in [2.24, 2.45) is 0 Å². The van der Waals surface area contributed by atoms with E-state index in [4.69, 9.17) is 30.5 Å². The summed E-state index contributed by atoms with van der Waals surface area (Å²) in [5.74, 6) is 1.28. The molecule has 1 atom stereocenters. The molecule has 8 nitrogen and oxygen atoms in total. The molecule has 0 bridgehead atoms. The normalized spacial score (nSPS) is 20.0. The minimum atomic E-state index is -0.468. The fraction of sp³-hybridized carbons (Fsp3) is 0.206. The first-order valence-electron chi connectivity index (χ1n) is 14.1. The minimum absolute atomic E-state index is 0.197. The number of aromatic amines is 1. The number of hydrogen-bond acceptors (Lipinski definition) is 6. The smallest absolute Gasteiger partial charge is 0.416 e. The number of phenolic OH excluding ortho intramolecular Hbond substituents is 1. The highest BCUT2D eigenvalue weighted by Crippen LogP contribution is 2.40. The molecule has 2 aliphatic heterocycles. The molecule has 7 rings (SSSR count). The largest absolute Gasteiger partial charge is 0.508 e. The lowest BCUT2D eigenvalue weighted by molar-refractivity contribution is -0.215. The number of nitrogens with one attached hydrogen (secondary N) is 1. The number of aromatic hydroxyl groups is 1. The van der Waals surface area contributed by atoms with Crippen molar-refractivity contribution >= 4 is 28.6 Å². The van der Waals surface area contributed by atoms with Crippen LogP contribution < -0.4 is 9.47 Å². The second-order valence-electron chi connectivity index (χ2n) is 10.6. The molecule has 0 radical (unpaired) electrons. The second kappa shape index (κ2) is 11.6. The Kier molecular flexibility index (Phi) is 7.40. The zero-order chi connectivity index (χ0) is 29.3. The summed E-state index contributed by atoms with van der Waals surface area (Å²) < 4.78 is 23.7. The number of hydrogen-bond donors (Lipinski definition) is 2. The number of amides is 1. The van der Waals surface area contributed by atoms with E-state index < -0.39 is 18.4 Å². The Morgan fingerprint density at radius 2 is 1.60 bits per heavy atom. The molecule has 1 amide bonds. The fourth-order valence-electron chi connectivity index (χ4n) is 5.76. The van der Waals surface area contributed by atoms with Gasteiger partial charge in [-0.15, -0.1) is 0 Å². The number of H-pyrrole nitrogens is 1. The average molecular weight is 597 g/mol. The summed E-state index contributed by atoms with van der Waals surface area (Å²) in [6, 6.07) is 29.1. The SMILES string of the molecule is O=C(Oc1ccc(Cl)cc1)N1CCc2c([nH]c3ccc(O)cc23)C1c1ccc(OC2COC(c3ccccc3)OC2)cc1. The monoisotopic (exact) mass is 596 g/mol. The summed E-state index contributed by atoms with van der Waals surface area (Å²) in [6.07, 6.45) is -0.512. The predicted molar refractivity (Wildman–Crippen MR) is 162 cm³/mol. The van der Waals surface area contributed by atoms with Crippen LogP contribution in [0.25, 0.3) is 10.9 Å². The van der Waals surface area contributed by atoms with E-state index in [1.165, 1.54) is 0 Å². The van der Waals surface area contributed by atoms with E-state index in [9.17, 15) is 9.90 Å². The van der Waals surface area contributed by atoms with Crippen LogP contribution in [0, 0.1) is 0 Å². The molecule has 4 aromatic carbocycles. The van der Waals surface area contributed by atoms with Crippen LogP contribution in [0.15, 0.2) is 97.1 Å². The van der Waals surface area contributed by atoms with Crippen LogP contribution in [-0.2, 0) is 15.9 Å². The van der Waals surface area contributed by atoms with E-state index in [-0.39, 0.29) is 11.9 Å². The number of rotatable bonds is 5. The molecule has 3 heterocycles. The second-order valence-corrected chi connectivity index (χ2v) is 11.1. The highest BCUT2D eigenvalue weighted by molar-refractivity contribution is 6.30. The highest BCUT2D eigenvalue weighted by atomic mass is 35.5. The van der Waals surface area contributed by atoms with Gasteiger partial charge in [0.2, 0.25) is 0 Å². The first-order chi connectivity index (χ1) is 21.0.